The molecule has 82 valence electrons. The summed E-state index contributed by atoms with van der Waals surface area (Å²) in [6, 6.07) is 0.381. The Bertz CT molecular complexity index is 196. The summed E-state index contributed by atoms with van der Waals surface area (Å²) >= 11 is 0. The fourth-order valence-corrected chi connectivity index (χ4v) is 2.33. The van der Waals surface area contributed by atoms with Crippen LogP contribution in [0.2, 0.25) is 0 Å². The standard InChI is InChI=1S/C10H21N3O/c1-2-8(5-6-11)13-7-3-4-9(13)10(12)14/h8-9H,2-7,11H2,1H3,(H2,12,14). The largest absolute Gasteiger partial charge is 0.368 e. The first-order valence-corrected chi connectivity index (χ1v) is 5.45. The van der Waals surface area contributed by atoms with Gasteiger partial charge in [0.2, 0.25) is 5.91 Å². The molecular formula is C10H21N3O. The van der Waals surface area contributed by atoms with Gasteiger partial charge < -0.3 is 11.5 Å². The van der Waals surface area contributed by atoms with E-state index < -0.39 is 0 Å². The van der Waals surface area contributed by atoms with E-state index in [9.17, 15) is 4.79 Å². The van der Waals surface area contributed by atoms with Crippen LogP contribution in [0.4, 0.5) is 0 Å². The second-order valence-electron chi connectivity index (χ2n) is 3.94. The number of rotatable bonds is 5. The number of hydrogen-bond donors (Lipinski definition) is 2. The van der Waals surface area contributed by atoms with Gasteiger partial charge in [-0.25, -0.2) is 0 Å². The van der Waals surface area contributed by atoms with E-state index in [0.717, 1.165) is 32.2 Å². The molecule has 0 aromatic carbocycles. The Morgan fingerprint density at radius 3 is 2.86 bits per heavy atom. The minimum absolute atomic E-state index is 0.0495. The average molecular weight is 199 g/mol. The molecule has 1 saturated heterocycles. The van der Waals surface area contributed by atoms with Crippen LogP contribution in [0.3, 0.4) is 0 Å². The van der Waals surface area contributed by atoms with E-state index in [4.69, 9.17) is 11.5 Å². The normalized spacial score (nSPS) is 25.1. The molecule has 0 bridgehead atoms. The van der Waals surface area contributed by atoms with Crippen molar-refractivity contribution in [3.05, 3.63) is 0 Å². The average Bonchev–Trinajstić information content (AvgIpc) is 2.62. The maximum atomic E-state index is 11.2. The third-order valence-electron chi connectivity index (χ3n) is 3.06. The van der Waals surface area contributed by atoms with Gasteiger partial charge in [-0.15, -0.1) is 0 Å². The zero-order chi connectivity index (χ0) is 10.6. The highest BCUT2D eigenvalue weighted by Gasteiger charge is 2.32. The Kier molecular flexibility index (Phi) is 4.35. The van der Waals surface area contributed by atoms with Crippen molar-refractivity contribution in [2.45, 2.75) is 44.7 Å². The maximum absolute atomic E-state index is 11.2. The van der Waals surface area contributed by atoms with Crippen LogP contribution in [0.5, 0.6) is 0 Å². The molecule has 14 heavy (non-hydrogen) atoms. The van der Waals surface area contributed by atoms with Crippen molar-refractivity contribution in [1.29, 1.82) is 0 Å². The first-order valence-electron chi connectivity index (χ1n) is 5.45. The Morgan fingerprint density at radius 2 is 2.36 bits per heavy atom. The Balaban J connectivity index is 2.59. The summed E-state index contributed by atoms with van der Waals surface area (Å²) in [5.74, 6) is -0.182. The lowest BCUT2D eigenvalue weighted by molar-refractivity contribution is -0.123. The Labute approximate surface area is 85.6 Å². The maximum Gasteiger partial charge on any atom is 0.234 e. The number of carbonyl (C=O) groups excluding carboxylic acids is 1. The number of nitrogens with zero attached hydrogens (tertiary/aromatic N) is 1. The summed E-state index contributed by atoms with van der Waals surface area (Å²) in [6.45, 7) is 3.81. The van der Waals surface area contributed by atoms with E-state index in [2.05, 4.69) is 11.8 Å². The summed E-state index contributed by atoms with van der Waals surface area (Å²) in [7, 11) is 0. The van der Waals surface area contributed by atoms with Gasteiger partial charge in [0.15, 0.2) is 0 Å². The van der Waals surface area contributed by atoms with E-state index >= 15 is 0 Å². The first kappa shape index (κ1) is 11.5. The SMILES string of the molecule is CCC(CCN)N1CCCC1C(N)=O. The highest BCUT2D eigenvalue weighted by Crippen LogP contribution is 2.22. The van der Waals surface area contributed by atoms with E-state index in [0.29, 0.717) is 12.6 Å². The van der Waals surface area contributed by atoms with Gasteiger partial charge in [-0.1, -0.05) is 6.92 Å². The van der Waals surface area contributed by atoms with Crippen LogP contribution >= 0.6 is 0 Å². The third kappa shape index (κ3) is 2.45. The van der Waals surface area contributed by atoms with Crippen molar-refractivity contribution >= 4 is 5.91 Å². The predicted octanol–water partition coefficient (Wildman–Crippen LogP) is 0.0635. The second kappa shape index (κ2) is 5.32. The van der Waals surface area contributed by atoms with Crippen LogP contribution in [-0.2, 0) is 4.79 Å². The fourth-order valence-electron chi connectivity index (χ4n) is 2.33. The molecule has 1 rings (SSSR count). The molecule has 4 heteroatoms. The monoisotopic (exact) mass is 199 g/mol. The van der Waals surface area contributed by atoms with Gasteiger partial charge in [-0.05, 0) is 38.8 Å². The van der Waals surface area contributed by atoms with Crippen molar-refractivity contribution in [2.24, 2.45) is 11.5 Å². The van der Waals surface area contributed by atoms with E-state index in [1.165, 1.54) is 0 Å². The predicted molar refractivity (Wildman–Crippen MR) is 56.7 cm³/mol. The second-order valence-corrected chi connectivity index (χ2v) is 3.94. The highest BCUT2D eigenvalue weighted by molar-refractivity contribution is 5.80. The van der Waals surface area contributed by atoms with Gasteiger partial charge >= 0.3 is 0 Å². The molecular weight excluding hydrogens is 178 g/mol. The van der Waals surface area contributed by atoms with Crippen LogP contribution in [0.25, 0.3) is 0 Å². The molecule has 0 radical (unpaired) electrons. The summed E-state index contributed by atoms with van der Waals surface area (Å²) in [5, 5.41) is 0. The zero-order valence-electron chi connectivity index (χ0n) is 8.91. The number of hydrogen-bond acceptors (Lipinski definition) is 3. The summed E-state index contributed by atoms with van der Waals surface area (Å²) in [4.78, 5) is 13.4. The van der Waals surface area contributed by atoms with Crippen LogP contribution in [-0.4, -0.2) is 36.0 Å². The summed E-state index contributed by atoms with van der Waals surface area (Å²) < 4.78 is 0. The van der Waals surface area contributed by atoms with E-state index in [1.54, 1.807) is 0 Å². The summed E-state index contributed by atoms with van der Waals surface area (Å²) in [6.07, 6.45) is 3.99. The van der Waals surface area contributed by atoms with Gasteiger partial charge in [0, 0.05) is 6.04 Å². The lowest BCUT2D eigenvalue weighted by Gasteiger charge is -2.30. The number of nitrogens with two attached hydrogens (primary N) is 2. The van der Waals surface area contributed by atoms with E-state index in [1.807, 2.05) is 0 Å². The Morgan fingerprint density at radius 1 is 1.64 bits per heavy atom. The fraction of sp³-hybridized carbons (Fsp3) is 0.900. The molecule has 1 heterocycles. The molecule has 0 saturated carbocycles. The van der Waals surface area contributed by atoms with E-state index in [-0.39, 0.29) is 11.9 Å². The summed E-state index contributed by atoms with van der Waals surface area (Å²) in [5.41, 5.74) is 10.9. The molecule has 1 aliphatic heterocycles. The van der Waals surface area contributed by atoms with Crippen LogP contribution in [0.15, 0.2) is 0 Å². The number of primary amides is 1. The van der Waals surface area contributed by atoms with Gasteiger partial charge in [-0.2, -0.15) is 0 Å². The van der Waals surface area contributed by atoms with Crippen LogP contribution in [0, 0.1) is 0 Å². The highest BCUT2D eigenvalue weighted by atomic mass is 16.1. The minimum atomic E-state index is -0.182. The molecule has 4 N–H and O–H groups in total. The zero-order valence-corrected chi connectivity index (χ0v) is 8.91. The van der Waals surface area contributed by atoms with Crippen molar-refractivity contribution in [1.82, 2.24) is 4.90 Å². The van der Waals surface area contributed by atoms with Crippen molar-refractivity contribution < 1.29 is 4.79 Å². The molecule has 2 atom stereocenters. The molecule has 4 nitrogen and oxygen atoms in total. The molecule has 0 spiro atoms. The van der Waals surface area contributed by atoms with Gasteiger partial charge in [-0.3, -0.25) is 9.69 Å². The molecule has 1 fully saturated rings. The molecule has 1 aliphatic rings. The number of likely N-dealkylation sites (tertiary alicyclic amines) is 1. The quantitative estimate of drug-likeness (QED) is 0.658. The molecule has 1 amide bonds. The van der Waals surface area contributed by atoms with Crippen molar-refractivity contribution in [2.75, 3.05) is 13.1 Å². The molecule has 0 aromatic heterocycles. The van der Waals surface area contributed by atoms with Crippen molar-refractivity contribution in [3.8, 4) is 0 Å². The third-order valence-corrected chi connectivity index (χ3v) is 3.06. The van der Waals surface area contributed by atoms with Gasteiger partial charge in [0.25, 0.3) is 0 Å². The Hall–Kier alpha value is -0.610. The molecule has 0 aliphatic carbocycles. The molecule has 2 unspecified atom stereocenters. The molecule has 0 aromatic rings. The van der Waals surface area contributed by atoms with Gasteiger partial charge in [0.05, 0.1) is 6.04 Å². The van der Waals surface area contributed by atoms with Gasteiger partial charge in [0.1, 0.15) is 0 Å². The lowest BCUT2D eigenvalue weighted by Crippen LogP contribution is -2.46. The van der Waals surface area contributed by atoms with Crippen molar-refractivity contribution in [3.63, 3.8) is 0 Å². The number of carbonyl (C=O) groups is 1. The smallest absolute Gasteiger partial charge is 0.234 e. The first-order chi connectivity index (χ1) is 6.70. The lowest BCUT2D eigenvalue weighted by atomic mass is 10.1. The minimum Gasteiger partial charge on any atom is -0.368 e. The van der Waals surface area contributed by atoms with Crippen LogP contribution < -0.4 is 11.5 Å². The van der Waals surface area contributed by atoms with Crippen LogP contribution in [0.1, 0.15) is 32.6 Å². The number of amides is 1. The topological polar surface area (TPSA) is 72.3 Å².